The zero-order valence-corrected chi connectivity index (χ0v) is 15.5. The average Bonchev–Trinajstić information content (AvgIpc) is 3.28. The summed E-state index contributed by atoms with van der Waals surface area (Å²) < 4.78 is 43.6. The van der Waals surface area contributed by atoms with E-state index in [1.165, 1.54) is 17.0 Å². The Kier molecular flexibility index (Phi) is 6.51. The number of thiophene rings is 1. The molecule has 8 heteroatoms. The number of carbonyl (C=O) groups is 1. The lowest BCUT2D eigenvalue weighted by molar-refractivity contribution is -0.908. The summed E-state index contributed by atoms with van der Waals surface area (Å²) in [4.78, 5) is 14.7. The number of anilines is 1. The second kappa shape index (κ2) is 8.86. The van der Waals surface area contributed by atoms with Crippen LogP contribution in [0.1, 0.15) is 23.3 Å². The van der Waals surface area contributed by atoms with E-state index in [9.17, 15) is 18.0 Å². The van der Waals surface area contributed by atoms with Crippen molar-refractivity contribution in [2.24, 2.45) is 0 Å². The van der Waals surface area contributed by atoms with Crippen LogP contribution in [0.2, 0.25) is 0 Å². The number of hydrogen-bond acceptors (Lipinski definition) is 3. The zero-order valence-electron chi connectivity index (χ0n) is 14.7. The Balaban J connectivity index is 1.59. The highest BCUT2D eigenvalue weighted by Gasteiger charge is 2.30. The van der Waals surface area contributed by atoms with Crippen LogP contribution >= 0.6 is 11.3 Å². The molecule has 27 heavy (non-hydrogen) atoms. The van der Waals surface area contributed by atoms with Gasteiger partial charge in [0.1, 0.15) is 19.2 Å². The summed E-state index contributed by atoms with van der Waals surface area (Å²) in [5.74, 6) is -0.223. The van der Waals surface area contributed by atoms with Crippen molar-refractivity contribution in [3.63, 3.8) is 0 Å². The largest absolute Gasteiger partial charge is 0.416 e. The quantitative estimate of drug-likeness (QED) is 0.752. The van der Waals surface area contributed by atoms with Crippen LogP contribution in [0.4, 0.5) is 18.9 Å². The van der Waals surface area contributed by atoms with Gasteiger partial charge in [-0.1, -0.05) is 6.07 Å². The number of halogens is 3. The number of quaternary nitrogens is 1. The topological polar surface area (TPSA) is 42.8 Å². The molecule has 0 spiro atoms. The van der Waals surface area contributed by atoms with E-state index in [1.807, 2.05) is 17.5 Å². The van der Waals surface area contributed by atoms with Gasteiger partial charge in [0.05, 0.1) is 10.4 Å². The SMILES string of the molecule is O=C(C[NH+](Cc1cccs1)C[C@@H]1CCCO1)Nc1ccc(C(F)(F)F)cc1. The Morgan fingerprint density at radius 2 is 2.04 bits per heavy atom. The van der Waals surface area contributed by atoms with Gasteiger partial charge in [0.25, 0.3) is 5.91 Å². The van der Waals surface area contributed by atoms with Gasteiger partial charge in [0.15, 0.2) is 6.54 Å². The number of nitrogens with one attached hydrogen (secondary N) is 2. The number of ether oxygens (including phenoxy) is 1. The Hall–Kier alpha value is -1.90. The fraction of sp³-hybridized carbons (Fsp3) is 0.421. The lowest BCUT2D eigenvalue weighted by Gasteiger charge is -2.21. The predicted molar refractivity (Wildman–Crippen MR) is 97.8 cm³/mol. The third-order valence-corrected chi connectivity index (χ3v) is 5.33. The third-order valence-electron chi connectivity index (χ3n) is 4.45. The first-order valence-corrected chi connectivity index (χ1v) is 9.73. The molecule has 2 N–H and O–H groups in total. The van der Waals surface area contributed by atoms with E-state index in [2.05, 4.69) is 5.32 Å². The molecule has 2 atom stereocenters. The van der Waals surface area contributed by atoms with E-state index in [1.54, 1.807) is 11.3 Å². The number of carbonyl (C=O) groups excluding carboxylic acids is 1. The lowest BCUT2D eigenvalue weighted by atomic mass is 10.2. The minimum absolute atomic E-state index is 0.152. The van der Waals surface area contributed by atoms with E-state index < -0.39 is 11.7 Å². The summed E-state index contributed by atoms with van der Waals surface area (Å²) >= 11 is 1.64. The molecule has 1 unspecified atom stereocenters. The van der Waals surface area contributed by atoms with Gasteiger partial charge in [-0.05, 0) is 48.6 Å². The van der Waals surface area contributed by atoms with Gasteiger partial charge in [-0.3, -0.25) is 4.79 Å². The molecular weight excluding hydrogens is 377 g/mol. The third kappa shape index (κ3) is 6.05. The van der Waals surface area contributed by atoms with Crippen LogP contribution in [0.15, 0.2) is 41.8 Å². The van der Waals surface area contributed by atoms with Crippen molar-refractivity contribution < 1.29 is 27.6 Å². The molecule has 0 radical (unpaired) electrons. The van der Waals surface area contributed by atoms with E-state index in [-0.39, 0.29) is 18.6 Å². The molecule has 146 valence electrons. The normalized spacial score (nSPS) is 18.4. The Bertz CT molecular complexity index is 726. The fourth-order valence-electron chi connectivity index (χ4n) is 3.17. The van der Waals surface area contributed by atoms with Crippen LogP contribution in [0.25, 0.3) is 0 Å². The summed E-state index contributed by atoms with van der Waals surface area (Å²) in [6.07, 6.45) is -2.20. The van der Waals surface area contributed by atoms with Crippen LogP contribution in [-0.2, 0) is 22.3 Å². The maximum absolute atomic E-state index is 12.6. The van der Waals surface area contributed by atoms with E-state index in [0.717, 1.165) is 49.6 Å². The molecular formula is C19H22F3N2O2S+. The van der Waals surface area contributed by atoms with Crippen molar-refractivity contribution in [3.05, 3.63) is 52.2 Å². The first-order valence-electron chi connectivity index (χ1n) is 8.85. The molecule has 0 bridgehead atoms. The number of rotatable bonds is 7. The number of alkyl halides is 3. The molecule has 1 amide bonds. The van der Waals surface area contributed by atoms with E-state index in [4.69, 9.17) is 4.74 Å². The molecule has 1 aliphatic rings. The van der Waals surface area contributed by atoms with Gasteiger partial charge in [0, 0.05) is 12.3 Å². The van der Waals surface area contributed by atoms with Gasteiger partial charge in [-0.15, -0.1) is 11.3 Å². The van der Waals surface area contributed by atoms with Gasteiger partial charge in [-0.2, -0.15) is 13.2 Å². The molecule has 1 aromatic heterocycles. The molecule has 3 rings (SSSR count). The van der Waals surface area contributed by atoms with Crippen LogP contribution < -0.4 is 10.2 Å². The molecule has 0 saturated carbocycles. The second-order valence-corrected chi connectivity index (χ2v) is 7.68. The first-order chi connectivity index (χ1) is 12.9. The minimum atomic E-state index is -4.38. The van der Waals surface area contributed by atoms with Crippen molar-refractivity contribution in [1.29, 1.82) is 0 Å². The summed E-state index contributed by atoms with van der Waals surface area (Å²) in [6.45, 7) is 2.45. The Morgan fingerprint density at radius 1 is 1.26 bits per heavy atom. The van der Waals surface area contributed by atoms with Crippen LogP contribution in [0.3, 0.4) is 0 Å². The second-order valence-electron chi connectivity index (χ2n) is 6.65. The smallest absolute Gasteiger partial charge is 0.372 e. The summed E-state index contributed by atoms with van der Waals surface area (Å²) in [5, 5.41) is 4.69. The predicted octanol–water partition coefficient (Wildman–Crippen LogP) is 2.97. The number of hydrogen-bond donors (Lipinski definition) is 2. The van der Waals surface area contributed by atoms with Gasteiger partial charge in [0.2, 0.25) is 0 Å². The lowest BCUT2D eigenvalue weighted by Crippen LogP contribution is -3.12. The Labute approximate surface area is 159 Å². The highest BCUT2D eigenvalue weighted by molar-refractivity contribution is 7.09. The average molecular weight is 399 g/mol. The van der Waals surface area contributed by atoms with Crippen LogP contribution in [0.5, 0.6) is 0 Å². The van der Waals surface area contributed by atoms with Crippen molar-refractivity contribution >= 4 is 22.9 Å². The van der Waals surface area contributed by atoms with Gasteiger partial charge >= 0.3 is 6.18 Å². The van der Waals surface area contributed by atoms with Crippen molar-refractivity contribution in [1.82, 2.24) is 0 Å². The molecule has 2 aromatic rings. The van der Waals surface area contributed by atoms with Crippen molar-refractivity contribution in [3.8, 4) is 0 Å². The summed E-state index contributed by atoms with van der Waals surface area (Å²) in [7, 11) is 0. The monoisotopic (exact) mass is 399 g/mol. The Morgan fingerprint density at radius 3 is 2.63 bits per heavy atom. The highest BCUT2D eigenvalue weighted by Crippen LogP contribution is 2.29. The standard InChI is InChI=1S/C19H21F3N2O2S/c20-19(21,22)14-5-7-15(8-6-14)23-18(25)13-24(11-16-3-1-9-26-16)12-17-4-2-10-27-17/h2,4-8,10,16H,1,3,9,11-13H2,(H,23,25)/p+1/t16-/m0/s1. The minimum Gasteiger partial charge on any atom is -0.372 e. The van der Waals surface area contributed by atoms with Gasteiger partial charge < -0.3 is 15.0 Å². The molecule has 0 aliphatic carbocycles. The fourth-order valence-corrected chi connectivity index (χ4v) is 3.95. The molecule has 1 saturated heterocycles. The number of amides is 1. The van der Waals surface area contributed by atoms with Crippen LogP contribution in [0, 0.1) is 0 Å². The zero-order chi connectivity index (χ0) is 19.3. The maximum Gasteiger partial charge on any atom is 0.416 e. The van der Waals surface area contributed by atoms with E-state index >= 15 is 0 Å². The van der Waals surface area contributed by atoms with Crippen LogP contribution in [-0.4, -0.2) is 31.7 Å². The van der Waals surface area contributed by atoms with Crippen molar-refractivity contribution in [2.75, 3.05) is 25.0 Å². The molecule has 2 heterocycles. The van der Waals surface area contributed by atoms with E-state index in [0.29, 0.717) is 5.69 Å². The van der Waals surface area contributed by atoms with Gasteiger partial charge in [-0.25, -0.2) is 0 Å². The molecule has 1 aromatic carbocycles. The molecule has 4 nitrogen and oxygen atoms in total. The summed E-state index contributed by atoms with van der Waals surface area (Å²) in [5.41, 5.74) is -0.371. The molecule has 1 fully saturated rings. The van der Waals surface area contributed by atoms with Crippen molar-refractivity contribution in [2.45, 2.75) is 31.7 Å². The molecule has 1 aliphatic heterocycles. The summed E-state index contributed by atoms with van der Waals surface area (Å²) in [6, 6.07) is 8.51. The first kappa shape index (κ1) is 19.9. The number of benzene rings is 1. The highest BCUT2D eigenvalue weighted by atomic mass is 32.1. The maximum atomic E-state index is 12.6.